The second-order valence-electron chi connectivity index (χ2n) is 16.7. The summed E-state index contributed by atoms with van der Waals surface area (Å²) in [6, 6.07) is 11.7. The van der Waals surface area contributed by atoms with E-state index in [1.807, 2.05) is 12.1 Å². The number of nitrogens with zero attached hydrogens (tertiary/aromatic N) is 7. The number of imide groups is 1. The fraction of sp³-hybridized carbons (Fsp3) is 0.422. The van der Waals surface area contributed by atoms with Crippen LogP contribution in [-0.4, -0.2) is 114 Å². The Morgan fingerprint density at radius 2 is 1.73 bits per heavy atom. The molecule has 3 aromatic carbocycles. The van der Waals surface area contributed by atoms with Gasteiger partial charge in [-0.05, 0) is 103 Å². The van der Waals surface area contributed by atoms with Crippen molar-refractivity contribution in [3.05, 3.63) is 87.0 Å². The molecule has 5 heterocycles. The van der Waals surface area contributed by atoms with Crippen LogP contribution in [0.5, 0.6) is 5.75 Å². The van der Waals surface area contributed by atoms with Crippen LogP contribution < -0.4 is 30.9 Å². The van der Waals surface area contributed by atoms with E-state index in [1.165, 1.54) is 17.3 Å². The summed E-state index contributed by atoms with van der Waals surface area (Å²) in [6.07, 6.45) is 8.93. The fourth-order valence-corrected chi connectivity index (χ4v) is 11.1. The number of aryl methyl sites for hydroxylation is 1. The average Bonchev–Trinajstić information content (AvgIpc) is 3.27. The van der Waals surface area contributed by atoms with Gasteiger partial charge in [0.25, 0.3) is 0 Å². The molecule has 3 saturated heterocycles. The number of fused-ring (bicyclic) bond motifs is 1. The van der Waals surface area contributed by atoms with Crippen LogP contribution in [0.4, 0.5) is 33.2 Å². The van der Waals surface area contributed by atoms with Gasteiger partial charge < -0.3 is 29.7 Å². The number of rotatable bonds is 13. The summed E-state index contributed by atoms with van der Waals surface area (Å²) in [5, 5.41) is 9.91. The number of benzene rings is 3. The van der Waals surface area contributed by atoms with Gasteiger partial charge in [-0.1, -0.05) is 18.5 Å². The monoisotopic (exact) mass is 960 g/mol. The van der Waals surface area contributed by atoms with Crippen molar-refractivity contribution in [1.82, 2.24) is 35.1 Å². The number of halogens is 3. The summed E-state index contributed by atoms with van der Waals surface area (Å²) < 4.78 is 35.3. The number of amides is 2. The first-order chi connectivity index (χ1) is 30.3. The Balaban J connectivity index is 0.868. The summed E-state index contributed by atoms with van der Waals surface area (Å²) >= 11 is 10.1. The van der Waals surface area contributed by atoms with Gasteiger partial charge in [0, 0.05) is 99.2 Å². The maximum Gasteiger partial charge on any atom is 0.234 e. The zero-order valence-corrected chi connectivity index (χ0v) is 39.1. The van der Waals surface area contributed by atoms with Crippen LogP contribution in [0.25, 0.3) is 11.0 Å². The number of hydrogen-bond acceptors (Lipinski definition) is 13. The lowest BCUT2D eigenvalue weighted by Gasteiger charge is -2.43. The van der Waals surface area contributed by atoms with Gasteiger partial charge in [0.1, 0.15) is 30.0 Å². The van der Waals surface area contributed by atoms with E-state index in [-0.39, 0.29) is 29.3 Å². The van der Waals surface area contributed by atoms with Crippen molar-refractivity contribution in [2.75, 3.05) is 81.8 Å². The molecule has 0 spiro atoms. The molecule has 8 rings (SSSR count). The predicted octanol–water partition coefficient (Wildman–Crippen LogP) is 7.63. The summed E-state index contributed by atoms with van der Waals surface area (Å²) in [7, 11) is -1.11. The Kier molecular flexibility index (Phi) is 13.6. The Morgan fingerprint density at radius 3 is 2.43 bits per heavy atom. The number of piperazine rings is 1. The van der Waals surface area contributed by atoms with Crippen molar-refractivity contribution in [1.29, 1.82) is 0 Å². The zero-order chi connectivity index (χ0) is 44.4. The molecule has 0 aliphatic carbocycles. The third-order valence-corrected chi connectivity index (χ3v) is 14.8. The summed E-state index contributed by atoms with van der Waals surface area (Å²) in [6.45, 7) is 12.1. The van der Waals surface area contributed by atoms with Crippen LogP contribution in [0.3, 0.4) is 0 Å². The molecular weight excluding hydrogens is 910 g/mol. The molecule has 332 valence electrons. The lowest BCUT2D eigenvalue weighted by Crippen LogP contribution is -2.53. The highest BCUT2D eigenvalue weighted by Crippen LogP contribution is 2.42. The number of piperidine rings is 2. The van der Waals surface area contributed by atoms with E-state index in [9.17, 15) is 14.2 Å². The van der Waals surface area contributed by atoms with Crippen LogP contribution in [0.1, 0.15) is 55.2 Å². The van der Waals surface area contributed by atoms with Crippen LogP contribution in [0.15, 0.2) is 59.5 Å². The van der Waals surface area contributed by atoms with Gasteiger partial charge >= 0.3 is 0 Å². The molecule has 0 bridgehead atoms. The van der Waals surface area contributed by atoms with E-state index in [4.69, 9.17) is 21.3 Å². The van der Waals surface area contributed by atoms with Gasteiger partial charge in [0.05, 0.1) is 39.7 Å². The van der Waals surface area contributed by atoms with Gasteiger partial charge in [-0.2, -0.15) is 4.98 Å². The van der Waals surface area contributed by atoms with E-state index in [2.05, 4.69) is 80.6 Å². The van der Waals surface area contributed by atoms with Crippen LogP contribution in [0, 0.1) is 5.82 Å². The molecule has 0 saturated carbocycles. The van der Waals surface area contributed by atoms with Gasteiger partial charge in [0.15, 0.2) is 0 Å². The minimum atomic E-state index is -2.78. The molecule has 5 aromatic rings. The van der Waals surface area contributed by atoms with E-state index >= 15 is 4.39 Å². The molecule has 2 amide bonds. The molecule has 2 aromatic heterocycles. The molecule has 63 heavy (non-hydrogen) atoms. The molecule has 18 heteroatoms. The number of carbonyl (C=O) groups excluding carboxylic acids is 2. The highest BCUT2D eigenvalue weighted by atomic mass is 79.9. The zero-order valence-electron chi connectivity index (χ0n) is 35.9. The Labute approximate surface area is 380 Å². The molecule has 3 N–H and O–H groups in total. The van der Waals surface area contributed by atoms with E-state index in [0.717, 1.165) is 76.3 Å². The van der Waals surface area contributed by atoms with Gasteiger partial charge in [0.2, 0.25) is 17.8 Å². The summed E-state index contributed by atoms with van der Waals surface area (Å²) in [5.74, 6) is -0.523. The van der Waals surface area contributed by atoms with E-state index in [1.54, 1.807) is 45.1 Å². The first kappa shape index (κ1) is 44.9. The van der Waals surface area contributed by atoms with Gasteiger partial charge in [-0.3, -0.25) is 29.8 Å². The second-order valence-corrected chi connectivity index (χ2v) is 21.1. The number of ether oxygens (including phenoxy) is 1. The number of anilines is 5. The van der Waals surface area contributed by atoms with Gasteiger partial charge in [-0.15, -0.1) is 0 Å². The maximum atomic E-state index is 15.3. The third-order valence-electron chi connectivity index (χ3n) is 12.3. The SMILES string of the molecule is CCc1cc(Nc2ncc(Br)c(Nc3ccc4nccnc4c3P(C)(C)=O)n2)c(OC)cc1N1CCC(N2CCN(CCc3cc(F)c(C4CCC(=O)NC4=O)c(Cl)c3)CC2)CC1. The third kappa shape index (κ3) is 10.00. The Bertz CT molecular complexity index is 2560. The van der Waals surface area contributed by atoms with Crippen LogP contribution in [-0.2, 0) is 27.0 Å². The molecule has 1 atom stereocenters. The fourth-order valence-electron chi connectivity index (χ4n) is 9.08. The topological polar surface area (TPSA) is 158 Å². The predicted molar refractivity (Wildman–Crippen MR) is 251 cm³/mol. The van der Waals surface area contributed by atoms with Crippen LogP contribution in [0.2, 0.25) is 5.02 Å². The minimum absolute atomic E-state index is 0.171. The molecule has 1 unspecified atom stereocenters. The molecule has 3 aliphatic rings. The lowest BCUT2D eigenvalue weighted by atomic mass is 9.89. The number of hydrogen-bond donors (Lipinski definition) is 3. The molecule has 3 fully saturated rings. The van der Waals surface area contributed by atoms with Crippen molar-refractivity contribution < 1.29 is 23.3 Å². The highest BCUT2D eigenvalue weighted by Gasteiger charge is 2.33. The van der Waals surface area contributed by atoms with Crippen molar-refractivity contribution in [2.24, 2.45) is 0 Å². The van der Waals surface area contributed by atoms with E-state index < -0.39 is 24.8 Å². The molecule has 0 radical (unpaired) electrons. The average molecular weight is 962 g/mol. The number of aromatic nitrogens is 4. The first-order valence-electron chi connectivity index (χ1n) is 21.4. The lowest BCUT2D eigenvalue weighted by molar-refractivity contribution is -0.134. The maximum absolute atomic E-state index is 15.3. The molecular formula is C45H52BrClFN10O4P. The normalized spacial score (nSPS) is 18.1. The Hall–Kier alpha value is -4.73. The van der Waals surface area contributed by atoms with E-state index in [0.29, 0.717) is 56.5 Å². The summed E-state index contributed by atoms with van der Waals surface area (Å²) in [5.41, 5.74) is 5.99. The number of methoxy groups -OCH3 is 1. The van der Waals surface area contributed by atoms with Crippen molar-refractivity contribution in [3.8, 4) is 5.75 Å². The largest absolute Gasteiger partial charge is 0.494 e. The Morgan fingerprint density at radius 1 is 0.968 bits per heavy atom. The highest BCUT2D eigenvalue weighted by molar-refractivity contribution is 9.10. The molecule has 14 nitrogen and oxygen atoms in total. The van der Waals surface area contributed by atoms with Crippen molar-refractivity contribution in [2.45, 2.75) is 57.4 Å². The standard InChI is InChI=1S/C45H52BrClFN10O4P/c1-5-28-24-36(53-45-51-26-31(46)43(55-45)52-35-8-7-34-41(50-14-13-49-34)42(35)63(3,4)61)38(62-2)25-37(28)58-16-11-29(12-17-58)57-20-18-56(19-21-57)15-10-27-22-32(47)40(33(48)23-27)30-6-9-39(59)54-44(30)60/h7-8,13-14,22-26,29-30H,5-6,9-12,15-21H2,1-4H3,(H,54,59,60)(H2,51,52,53,55). The quantitative estimate of drug-likeness (QED) is 0.0783. The first-order valence-corrected chi connectivity index (χ1v) is 25.2. The number of nitrogens with one attached hydrogen (secondary N) is 3. The van der Waals surface area contributed by atoms with Crippen molar-refractivity contribution in [3.63, 3.8) is 0 Å². The van der Waals surface area contributed by atoms with Gasteiger partial charge in [-0.25, -0.2) is 9.37 Å². The van der Waals surface area contributed by atoms with Crippen molar-refractivity contribution >= 4 is 91.7 Å². The smallest absolute Gasteiger partial charge is 0.234 e. The minimum Gasteiger partial charge on any atom is -0.494 e. The number of carbonyl (C=O) groups is 2. The second kappa shape index (κ2) is 19.2. The van der Waals surface area contributed by atoms with Crippen LogP contribution >= 0.6 is 34.7 Å². The molecule has 3 aliphatic heterocycles. The summed E-state index contributed by atoms with van der Waals surface area (Å²) in [4.78, 5) is 49.7.